The molecule has 0 spiro atoms. The first kappa shape index (κ1) is 17.0. The molecular formula is C18H24N6O. The van der Waals surface area contributed by atoms with E-state index in [1.165, 1.54) is 0 Å². The molecule has 7 nitrogen and oxygen atoms in total. The summed E-state index contributed by atoms with van der Waals surface area (Å²) in [6.07, 6.45) is 14.6. The van der Waals surface area contributed by atoms with Gasteiger partial charge in [0.1, 0.15) is 0 Å². The first-order valence-electron chi connectivity index (χ1n) is 8.52. The molecule has 3 heterocycles. The van der Waals surface area contributed by atoms with Crippen molar-refractivity contribution in [2.45, 2.75) is 32.5 Å². The monoisotopic (exact) mass is 340 g/mol. The van der Waals surface area contributed by atoms with Crippen LogP contribution in [0, 0.1) is 0 Å². The lowest BCUT2D eigenvalue weighted by Gasteiger charge is -2.22. The fourth-order valence-electron chi connectivity index (χ4n) is 2.81. The first-order valence-corrected chi connectivity index (χ1v) is 8.52. The zero-order valence-corrected chi connectivity index (χ0v) is 14.5. The van der Waals surface area contributed by atoms with Gasteiger partial charge in [-0.2, -0.15) is 5.10 Å². The molecule has 0 aliphatic rings. The summed E-state index contributed by atoms with van der Waals surface area (Å²) in [7, 11) is 1.89. The van der Waals surface area contributed by atoms with Gasteiger partial charge in [0.15, 0.2) is 0 Å². The van der Waals surface area contributed by atoms with E-state index in [0.29, 0.717) is 19.5 Å². The Morgan fingerprint density at radius 2 is 2.00 bits per heavy atom. The van der Waals surface area contributed by atoms with Gasteiger partial charge in [0.2, 0.25) is 5.91 Å². The molecule has 0 aromatic carbocycles. The fraction of sp³-hybridized carbons (Fsp3) is 0.389. The Bertz CT molecular complexity index is 759. The van der Waals surface area contributed by atoms with Crippen molar-refractivity contribution in [1.29, 1.82) is 0 Å². The van der Waals surface area contributed by atoms with Crippen molar-refractivity contribution < 1.29 is 4.79 Å². The highest BCUT2D eigenvalue weighted by Gasteiger charge is 2.14. The van der Waals surface area contributed by atoms with Crippen LogP contribution in [-0.4, -0.2) is 41.3 Å². The number of imidazole rings is 1. The Kier molecular flexibility index (Phi) is 5.66. The summed E-state index contributed by atoms with van der Waals surface area (Å²) >= 11 is 0. The van der Waals surface area contributed by atoms with E-state index >= 15 is 0 Å². The molecule has 3 aromatic rings. The zero-order valence-electron chi connectivity index (χ0n) is 14.5. The van der Waals surface area contributed by atoms with Crippen LogP contribution in [-0.2, 0) is 31.5 Å². The predicted molar refractivity (Wildman–Crippen MR) is 94.5 cm³/mol. The highest BCUT2D eigenvalue weighted by Crippen LogP contribution is 2.08. The molecule has 7 heteroatoms. The molecule has 0 unspecified atom stereocenters. The summed E-state index contributed by atoms with van der Waals surface area (Å²) in [6.45, 7) is 2.85. The van der Waals surface area contributed by atoms with Gasteiger partial charge in [-0.05, 0) is 18.6 Å². The van der Waals surface area contributed by atoms with Gasteiger partial charge >= 0.3 is 0 Å². The third-order valence-corrected chi connectivity index (χ3v) is 4.14. The highest BCUT2D eigenvalue weighted by atomic mass is 16.2. The number of aryl methyl sites for hydroxylation is 2. The number of carbonyl (C=O) groups excluding carboxylic acids is 1. The molecule has 132 valence electrons. The summed E-state index contributed by atoms with van der Waals surface area (Å²) < 4.78 is 5.85. The summed E-state index contributed by atoms with van der Waals surface area (Å²) in [5.41, 5.74) is 1.05. The van der Waals surface area contributed by atoms with Crippen molar-refractivity contribution in [2.75, 3.05) is 6.54 Å². The molecule has 0 N–H and O–H groups in total. The van der Waals surface area contributed by atoms with Gasteiger partial charge in [-0.15, -0.1) is 0 Å². The van der Waals surface area contributed by atoms with Crippen molar-refractivity contribution in [3.8, 4) is 0 Å². The van der Waals surface area contributed by atoms with E-state index in [9.17, 15) is 4.79 Å². The van der Waals surface area contributed by atoms with Gasteiger partial charge in [0.05, 0.1) is 12.5 Å². The Morgan fingerprint density at radius 3 is 2.68 bits per heavy atom. The maximum Gasteiger partial charge on any atom is 0.222 e. The summed E-state index contributed by atoms with van der Waals surface area (Å²) in [6, 6.07) is 4.00. The summed E-state index contributed by atoms with van der Waals surface area (Å²) in [4.78, 5) is 18.7. The zero-order chi connectivity index (χ0) is 17.5. The van der Waals surface area contributed by atoms with Crippen molar-refractivity contribution in [1.82, 2.24) is 28.8 Å². The molecule has 0 bridgehead atoms. The van der Waals surface area contributed by atoms with Crippen molar-refractivity contribution >= 4 is 5.91 Å². The van der Waals surface area contributed by atoms with Crippen LogP contribution in [0.1, 0.15) is 18.4 Å². The molecule has 0 saturated heterocycles. The average molecular weight is 340 g/mol. The van der Waals surface area contributed by atoms with E-state index in [1.54, 1.807) is 17.2 Å². The van der Waals surface area contributed by atoms with Crippen LogP contribution in [0.2, 0.25) is 0 Å². The number of hydrogen-bond acceptors (Lipinski definition) is 3. The second kappa shape index (κ2) is 8.32. The van der Waals surface area contributed by atoms with Crippen molar-refractivity contribution in [3.05, 3.63) is 61.2 Å². The fourth-order valence-corrected chi connectivity index (χ4v) is 2.81. The molecule has 3 rings (SSSR count). The Labute approximate surface area is 147 Å². The molecule has 1 amide bonds. The second-order valence-electron chi connectivity index (χ2n) is 6.16. The maximum atomic E-state index is 12.7. The minimum Gasteiger partial charge on any atom is -0.354 e. The molecular weight excluding hydrogens is 316 g/mol. The molecule has 3 aromatic heterocycles. The largest absolute Gasteiger partial charge is 0.354 e. The first-order chi connectivity index (χ1) is 12.2. The lowest BCUT2D eigenvalue weighted by molar-refractivity contribution is -0.132. The van der Waals surface area contributed by atoms with E-state index in [1.807, 2.05) is 59.6 Å². The molecule has 0 radical (unpaired) electrons. The Balaban J connectivity index is 1.56. The van der Waals surface area contributed by atoms with Gasteiger partial charge in [0, 0.05) is 76.2 Å². The number of hydrogen-bond donors (Lipinski definition) is 0. The quantitative estimate of drug-likeness (QED) is 0.598. The third-order valence-electron chi connectivity index (χ3n) is 4.14. The van der Waals surface area contributed by atoms with Crippen LogP contribution < -0.4 is 0 Å². The van der Waals surface area contributed by atoms with Crippen LogP contribution in [0.5, 0.6) is 0 Å². The van der Waals surface area contributed by atoms with Crippen LogP contribution in [0.3, 0.4) is 0 Å². The minimum atomic E-state index is 0.177. The Morgan fingerprint density at radius 1 is 1.16 bits per heavy atom. The molecule has 25 heavy (non-hydrogen) atoms. The van der Waals surface area contributed by atoms with E-state index in [0.717, 1.165) is 25.1 Å². The highest BCUT2D eigenvalue weighted by molar-refractivity contribution is 5.76. The van der Waals surface area contributed by atoms with E-state index < -0.39 is 0 Å². The number of amides is 1. The molecule has 0 fully saturated rings. The van der Waals surface area contributed by atoms with Crippen LogP contribution in [0.15, 0.2) is 55.6 Å². The minimum absolute atomic E-state index is 0.177. The topological polar surface area (TPSA) is 60.9 Å². The number of aromatic nitrogens is 5. The van der Waals surface area contributed by atoms with Crippen LogP contribution >= 0.6 is 0 Å². The Hall–Kier alpha value is -2.83. The van der Waals surface area contributed by atoms with E-state index in [4.69, 9.17) is 0 Å². The lowest BCUT2D eigenvalue weighted by Crippen LogP contribution is -2.33. The van der Waals surface area contributed by atoms with E-state index in [2.05, 4.69) is 14.6 Å². The van der Waals surface area contributed by atoms with Gasteiger partial charge < -0.3 is 14.0 Å². The summed E-state index contributed by atoms with van der Waals surface area (Å²) in [5.74, 6) is 0.177. The number of carbonyl (C=O) groups is 1. The smallest absolute Gasteiger partial charge is 0.222 e. The standard InChI is InChI=1S/C18H24N6O/c1-21-14-17(13-20-21)15-24(12-11-23-10-6-19-16-23)18(25)5-4-9-22-7-2-3-8-22/h2-3,6-8,10,13-14,16H,4-5,9,11-12,15H2,1H3. The maximum absolute atomic E-state index is 12.7. The number of nitrogens with zero attached hydrogens (tertiary/aromatic N) is 6. The van der Waals surface area contributed by atoms with Crippen molar-refractivity contribution in [3.63, 3.8) is 0 Å². The molecule has 0 atom stereocenters. The van der Waals surface area contributed by atoms with Crippen LogP contribution in [0.4, 0.5) is 0 Å². The van der Waals surface area contributed by atoms with Gasteiger partial charge in [-0.25, -0.2) is 4.98 Å². The van der Waals surface area contributed by atoms with Crippen LogP contribution in [0.25, 0.3) is 0 Å². The number of rotatable bonds is 9. The molecule has 0 aliphatic carbocycles. The third kappa shape index (κ3) is 5.07. The second-order valence-corrected chi connectivity index (χ2v) is 6.16. The van der Waals surface area contributed by atoms with Gasteiger partial charge in [0.25, 0.3) is 0 Å². The van der Waals surface area contributed by atoms with Crippen molar-refractivity contribution in [2.24, 2.45) is 7.05 Å². The molecule has 0 saturated carbocycles. The average Bonchev–Trinajstić information content (AvgIpc) is 3.34. The van der Waals surface area contributed by atoms with Gasteiger partial charge in [-0.3, -0.25) is 9.48 Å². The SMILES string of the molecule is Cn1cc(CN(CCn2ccnc2)C(=O)CCCn2cccc2)cn1. The predicted octanol–water partition coefficient (Wildman–Crippen LogP) is 1.93. The van der Waals surface area contributed by atoms with Gasteiger partial charge in [-0.1, -0.05) is 0 Å². The lowest BCUT2D eigenvalue weighted by atomic mass is 10.2. The summed E-state index contributed by atoms with van der Waals surface area (Å²) in [5, 5.41) is 4.20. The normalized spacial score (nSPS) is 10.9. The molecule has 0 aliphatic heterocycles. The van der Waals surface area contributed by atoms with E-state index in [-0.39, 0.29) is 5.91 Å².